The van der Waals surface area contributed by atoms with Gasteiger partial charge in [-0.15, -0.1) is 11.3 Å². The number of aryl methyl sites for hydroxylation is 1. The van der Waals surface area contributed by atoms with Gasteiger partial charge >= 0.3 is 5.97 Å². The average molecular weight is 382 g/mol. The molecular formula is C22H22O4S. The van der Waals surface area contributed by atoms with E-state index in [1.807, 2.05) is 36.4 Å². The number of hydrogen-bond donors (Lipinski definition) is 1. The Labute approximate surface area is 163 Å². The Bertz CT molecular complexity index is 859. The first-order valence-corrected chi connectivity index (χ1v) is 9.84. The van der Waals surface area contributed by atoms with Gasteiger partial charge in [0.2, 0.25) is 0 Å². The number of thiophene rings is 1. The predicted molar refractivity (Wildman–Crippen MR) is 105 cm³/mol. The van der Waals surface area contributed by atoms with Crippen molar-refractivity contribution >= 4 is 23.1 Å². The SMILES string of the molecule is COC(=O)c1ccc(CCC[C@H]2C(=O)C[C@@H](O)[C@@H]2C#Cc2ccccc2)s1. The van der Waals surface area contributed by atoms with Gasteiger partial charge in [-0.3, -0.25) is 4.79 Å². The van der Waals surface area contributed by atoms with Crippen LogP contribution in [-0.4, -0.2) is 30.1 Å². The highest BCUT2D eigenvalue weighted by molar-refractivity contribution is 7.13. The van der Waals surface area contributed by atoms with Crippen LogP contribution < -0.4 is 0 Å². The maximum Gasteiger partial charge on any atom is 0.348 e. The molecule has 3 atom stereocenters. The number of aliphatic hydroxyl groups is 1. The summed E-state index contributed by atoms with van der Waals surface area (Å²) in [5.74, 6) is 5.44. The zero-order valence-corrected chi connectivity index (χ0v) is 16.0. The number of esters is 1. The molecule has 0 saturated heterocycles. The number of aliphatic hydroxyl groups excluding tert-OH is 1. The fraction of sp³-hybridized carbons (Fsp3) is 0.364. The molecule has 1 saturated carbocycles. The highest BCUT2D eigenvalue weighted by atomic mass is 32.1. The van der Waals surface area contributed by atoms with Crippen LogP contribution in [0.3, 0.4) is 0 Å². The topological polar surface area (TPSA) is 63.6 Å². The lowest BCUT2D eigenvalue weighted by atomic mass is 9.89. The number of Topliss-reactive ketones (excluding diaryl/α,β-unsaturated/α-hetero) is 1. The molecule has 0 radical (unpaired) electrons. The summed E-state index contributed by atoms with van der Waals surface area (Å²) >= 11 is 1.42. The summed E-state index contributed by atoms with van der Waals surface area (Å²) in [7, 11) is 1.37. The van der Waals surface area contributed by atoms with Gasteiger partial charge in [-0.2, -0.15) is 0 Å². The molecular weight excluding hydrogens is 360 g/mol. The average Bonchev–Trinajstić information content (AvgIpc) is 3.25. The Morgan fingerprint density at radius 2 is 2.04 bits per heavy atom. The highest BCUT2D eigenvalue weighted by Crippen LogP contribution is 2.33. The first kappa shape index (κ1) is 19.3. The summed E-state index contributed by atoms with van der Waals surface area (Å²) in [6, 6.07) is 13.3. The van der Waals surface area contributed by atoms with Crippen LogP contribution >= 0.6 is 11.3 Å². The van der Waals surface area contributed by atoms with Crippen molar-refractivity contribution in [2.24, 2.45) is 11.8 Å². The number of hydrogen-bond acceptors (Lipinski definition) is 5. The van der Waals surface area contributed by atoms with Gasteiger partial charge in [-0.25, -0.2) is 4.79 Å². The van der Waals surface area contributed by atoms with Crippen molar-refractivity contribution in [2.45, 2.75) is 31.8 Å². The molecule has 4 nitrogen and oxygen atoms in total. The van der Waals surface area contributed by atoms with Crippen molar-refractivity contribution in [1.29, 1.82) is 0 Å². The molecule has 1 aromatic heterocycles. The summed E-state index contributed by atoms with van der Waals surface area (Å²) in [6.07, 6.45) is 1.79. The molecule has 1 N–H and O–H groups in total. The summed E-state index contributed by atoms with van der Waals surface area (Å²) in [6.45, 7) is 0. The lowest BCUT2D eigenvalue weighted by Crippen LogP contribution is -2.19. The molecule has 1 aromatic carbocycles. The van der Waals surface area contributed by atoms with Crippen LogP contribution in [0.25, 0.3) is 0 Å². The summed E-state index contributed by atoms with van der Waals surface area (Å²) in [5, 5.41) is 10.2. The number of rotatable bonds is 5. The molecule has 5 heteroatoms. The third kappa shape index (κ3) is 4.85. The largest absolute Gasteiger partial charge is 0.465 e. The predicted octanol–water partition coefficient (Wildman–Crippen LogP) is 3.48. The van der Waals surface area contributed by atoms with Crippen LogP contribution in [0.2, 0.25) is 0 Å². The van der Waals surface area contributed by atoms with Crippen LogP contribution in [0, 0.1) is 23.7 Å². The van der Waals surface area contributed by atoms with E-state index < -0.39 is 6.10 Å². The van der Waals surface area contributed by atoms with Crippen LogP contribution in [0.15, 0.2) is 42.5 Å². The molecule has 0 bridgehead atoms. The van der Waals surface area contributed by atoms with E-state index in [0.29, 0.717) is 11.3 Å². The van der Waals surface area contributed by atoms with Gasteiger partial charge in [0.05, 0.1) is 19.1 Å². The second kappa shape index (κ2) is 8.98. The second-order valence-electron chi connectivity index (χ2n) is 6.66. The van der Waals surface area contributed by atoms with Crippen LogP contribution in [0.4, 0.5) is 0 Å². The van der Waals surface area contributed by atoms with E-state index in [1.54, 1.807) is 6.07 Å². The van der Waals surface area contributed by atoms with E-state index in [4.69, 9.17) is 4.74 Å². The maximum atomic E-state index is 12.3. The molecule has 1 aliphatic rings. The molecule has 2 aromatic rings. The standard InChI is InChI=1S/C22H22O4S/c1-26-22(25)21-13-11-16(27-21)8-5-9-17-18(20(24)14-19(17)23)12-10-15-6-3-2-4-7-15/h2-4,6-7,11,13,17-18,20,24H,5,8-9,14H2,1H3/t17-,18-,20-/m1/s1. The molecule has 1 aliphatic carbocycles. The van der Waals surface area contributed by atoms with Gasteiger partial charge in [0.1, 0.15) is 10.7 Å². The molecule has 0 aliphatic heterocycles. The Morgan fingerprint density at radius 1 is 1.26 bits per heavy atom. The molecule has 1 fully saturated rings. The maximum absolute atomic E-state index is 12.3. The normalized spacial score (nSPS) is 21.6. The number of methoxy groups -OCH3 is 1. The smallest absolute Gasteiger partial charge is 0.348 e. The van der Waals surface area contributed by atoms with Crippen molar-refractivity contribution in [3.05, 3.63) is 57.8 Å². The lowest BCUT2D eigenvalue weighted by Gasteiger charge is -2.15. The zero-order valence-electron chi connectivity index (χ0n) is 15.2. The molecule has 0 unspecified atom stereocenters. The molecule has 3 rings (SSSR count). The number of carbonyl (C=O) groups is 2. The van der Waals surface area contributed by atoms with Gasteiger partial charge in [-0.1, -0.05) is 30.0 Å². The molecule has 140 valence electrons. The molecule has 1 heterocycles. The summed E-state index contributed by atoms with van der Waals surface area (Å²) in [4.78, 5) is 25.5. The fourth-order valence-electron chi connectivity index (χ4n) is 3.40. The van der Waals surface area contributed by atoms with E-state index >= 15 is 0 Å². The van der Waals surface area contributed by atoms with E-state index in [2.05, 4.69) is 11.8 Å². The van der Waals surface area contributed by atoms with Crippen LogP contribution in [-0.2, 0) is 16.0 Å². The van der Waals surface area contributed by atoms with E-state index in [-0.39, 0.29) is 30.0 Å². The minimum Gasteiger partial charge on any atom is -0.465 e. The van der Waals surface area contributed by atoms with E-state index in [9.17, 15) is 14.7 Å². The summed E-state index contributed by atoms with van der Waals surface area (Å²) < 4.78 is 4.72. The molecule has 27 heavy (non-hydrogen) atoms. The van der Waals surface area contributed by atoms with Crippen molar-refractivity contribution in [2.75, 3.05) is 7.11 Å². The monoisotopic (exact) mass is 382 g/mol. The third-order valence-corrected chi connectivity index (χ3v) is 5.94. The van der Waals surface area contributed by atoms with Crippen molar-refractivity contribution < 1.29 is 19.4 Å². The van der Waals surface area contributed by atoms with Gasteiger partial charge < -0.3 is 9.84 Å². The van der Waals surface area contributed by atoms with Crippen LogP contribution in [0.1, 0.15) is 39.4 Å². The summed E-state index contributed by atoms with van der Waals surface area (Å²) in [5.41, 5.74) is 0.886. The Balaban J connectivity index is 1.60. The molecule has 0 amide bonds. The van der Waals surface area contributed by atoms with Crippen LogP contribution in [0.5, 0.6) is 0 Å². The van der Waals surface area contributed by atoms with Gasteiger partial charge in [-0.05, 0) is 43.5 Å². The zero-order chi connectivity index (χ0) is 19.2. The van der Waals surface area contributed by atoms with Gasteiger partial charge in [0, 0.05) is 22.8 Å². The first-order valence-electron chi connectivity index (χ1n) is 9.03. The number of carbonyl (C=O) groups excluding carboxylic acids is 2. The quantitative estimate of drug-likeness (QED) is 0.635. The fourth-order valence-corrected chi connectivity index (χ4v) is 4.36. The van der Waals surface area contributed by atoms with Crippen molar-refractivity contribution in [3.63, 3.8) is 0 Å². The van der Waals surface area contributed by atoms with Gasteiger partial charge in [0.15, 0.2) is 0 Å². The third-order valence-electron chi connectivity index (χ3n) is 4.82. The van der Waals surface area contributed by atoms with E-state index in [1.165, 1.54) is 18.4 Å². The Hall–Kier alpha value is -2.42. The first-order chi connectivity index (χ1) is 13.1. The number of ether oxygens (including phenoxy) is 1. The van der Waals surface area contributed by atoms with Crippen molar-refractivity contribution in [1.82, 2.24) is 0 Å². The number of ketones is 1. The Kier molecular flexibility index (Phi) is 6.44. The number of benzene rings is 1. The minimum absolute atomic E-state index is 0.0938. The molecule has 0 spiro atoms. The lowest BCUT2D eigenvalue weighted by molar-refractivity contribution is -0.121. The van der Waals surface area contributed by atoms with E-state index in [0.717, 1.165) is 23.3 Å². The van der Waals surface area contributed by atoms with Gasteiger partial charge in [0.25, 0.3) is 0 Å². The minimum atomic E-state index is -0.689. The van der Waals surface area contributed by atoms with Crippen molar-refractivity contribution in [3.8, 4) is 11.8 Å². The second-order valence-corrected chi connectivity index (χ2v) is 7.82. The highest BCUT2D eigenvalue weighted by Gasteiger charge is 2.40. The Morgan fingerprint density at radius 3 is 2.78 bits per heavy atom.